The van der Waals surface area contributed by atoms with Crippen molar-refractivity contribution < 1.29 is 13.9 Å². The smallest absolute Gasteiger partial charge is 0.272 e. The zero-order valence-corrected chi connectivity index (χ0v) is 12.4. The minimum absolute atomic E-state index is 0.0266. The van der Waals surface area contributed by atoms with Gasteiger partial charge in [-0.3, -0.25) is 10.1 Å². The summed E-state index contributed by atoms with van der Waals surface area (Å²) in [5.41, 5.74) is 2.68. The number of aryl methyl sites for hydroxylation is 2. The molecule has 2 aromatic heterocycles. The summed E-state index contributed by atoms with van der Waals surface area (Å²) >= 11 is 0. The maximum Gasteiger partial charge on any atom is 0.272 e. The van der Waals surface area contributed by atoms with Crippen LogP contribution in [-0.4, -0.2) is 9.91 Å². The van der Waals surface area contributed by atoms with E-state index in [0.717, 1.165) is 18.5 Å². The van der Waals surface area contributed by atoms with Crippen LogP contribution in [0.3, 0.4) is 0 Å². The van der Waals surface area contributed by atoms with Crippen molar-refractivity contribution in [2.24, 2.45) is 0 Å². The van der Waals surface area contributed by atoms with Crippen LogP contribution in [0.2, 0.25) is 0 Å². The van der Waals surface area contributed by atoms with E-state index in [1.54, 1.807) is 6.92 Å². The zero-order valence-electron chi connectivity index (χ0n) is 12.4. The number of non-ortho nitro benzene ring substituents is 1. The minimum Gasteiger partial charge on any atom is -0.436 e. The number of oxazole rings is 1. The van der Waals surface area contributed by atoms with E-state index < -0.39 is 4.92 Å². The molecule has 1 aromatic carbocycles. The Hall–Kier alpha value is -2.76. The van der Waals surface area contributed by atoms with E-state index in [1.165, 1.54) is 12.1 Å². The molecule has 0 aliphatic carbocycles. The van der Waals surface area contributed by atoms with Crippen molar-refractivity contribution in [2.75, 3.05) is 0 Å². The molecule has 0 fully saturated rings. The minimum atomic E-state index is -0.420. The SMILES string of the molecule is CCC[n+]1ccc(-c2nc3cc([N+](=O)[O-])cc(C)c3o2)cc1. The number of nitro groups is 1. The van der Waals surface area contributed by atoms with Gasteiger partial charge >= 0.3 is 0 Å². The van der Waals surface area contributed by atoms with Crippen molar-refractivity contribution in [1.82, 2.24) is 4.98 Å². The van der Waals surface area contributed by atoms with E-state index in [1.807, 2.05) is 24.5 Å². The number of nitrogens with zero attached hydrogens (tertiary/aromatic N) is 3. The molecule has 0 saturated carbocycles. The van der Waals surface area contributed by atoms with Crippen molar-refractivity contribution >= 4 is 16.8 Å². The van der Waals surface area contributed by atoms with Crippen LogP contribution in [0.25, 0.3) is 22.6 Å². The second-order valence-electron chi connectivity index (χ2n) is 5.21. The van der Waals surface area contributed by atoms with Gasteiger partial charge in [0.05, 0.1) is 4.92 Å². The molecular weight excluding hydrogens is 282 g/mol. The fourth-order valence-corrected chi connectivity index (χ4v) is 2.42. The molecule has 0 unspecified atom stereocenters. The van der Waals surface area contributed by atoms with Crippen molar-refractivity contribution in [3.8, 4) is 11.5 Å². The first kappa shape index (κ1) is 14.2. The Balaban J connectivity index is 2.04. The van der Waals surface area contributed by atoms with Crippen LogP contribution in [0, 0.1) is 17.0 Å². The lowest BCUT2D eigenvalue weighted by Crippen LogP contribution is -2.31. The molecule has 0 spiro atoms. The Bertz CT molecular complexity index is 838. The van der Waals surface area contributed by atoms with Gasteiger partial charge in [0.2, 0.25) is 5.89 Å². The van der Waals surface area contributed by atoms with Gasteiger partial charge < -0.3 is 4.42 Å². The lowest BCUT2D eigenvalue weighted by atomic mass is 10.2. The Labute approximate surface area is 127 Å². The van der Waals surface area contributed by atoms with Crippen LogP contribution < -0.4 is 4.57 Å². The van der Waals surface area contributed by atoms with E-state index in [4.69, 9.17) is 4.42 Å². The zero-order chi connectivity index (χ0) is 15.7. The van der Waals surface area contributed by atoms with E-state index in [0.29, 0.717) is 22.6 Å². The Kier molecular flexibility index (Phi) is 3.58. The van der Waals surface area contributed by atoms with Gasteiger partial charge in [0.1, 0.15) is 12.1 Å². The molecule has 6 heteroatoms. The molecule has 112 valence electrons. The third kappa shape index (κ3) is 2.55. The highest BCUT2D eigenvalue weighted by molar-refractivity contribution is 5.81. The maximum atomic E-state index is 10.9. The predicted octanol–water partition coefficient (Wildman–Crippen LogP) is 3.41. The number of aromatic nitrogens is 2. The third-order valence-electron chi connectivity index (χ3n) is 3.49. The third-order valence-corrected chi connectivity index (χ3v) is 3.49. The fourth-order valence-electron chi connectivity index (χ4n) is 2.42. The molecule has 3 aromatic rings. The normalized spacial score (nSPS) is 11.0. The molecule has 2 heterocycles. The highest BCUT2D eigenvalue weighted by atomic mass is 16.6. The fraction of sp³-hybridized carbons (Fsp3) is 0.250. The molecule has 0 bridgehead atoms. The monoisotopic (exact) mass is 298 g/mol. The summed E-state index contributed by atoms with van der Waals surface area (Å²) in [6.45, 7) is 4.86. The van der Waals surface area contributed by atoms with Crippen LogP contribution in [0.4, 0.5) is 5.69 Å². The second kappa shape index (κ2) is 5.55. The van der Waals surface area contributed by atoms with Crippen molar-refractivity contribution in [1.29, 1.82) is 0 Å². The molecule has 0 radical (unpaired) electrons. The average Bonchev–Trinajstić information content (AvgIpc) is 2.93. The largest absolute Gasteiger partial charge is 0.436 e. The number of hydrogen-bond acceptors (Lipinski definition) is 4. The summed E-state index contributed by atoms with van der Waals surface area (Å²) in [4.78, 5) is 14.9. The number of rotatable bonds is 4. The first-order valence-corrected chi connectivity index (χ1v) is 7.13. The average molecular weight is 298 g/mol. The van der Waals surface area contributed by atoms with E-state index in [9.17, 15) is 10.1 Å². The summed E-state index contributed by atoms with van der Waals surface area (Å²) in [7, 11) is 0. The van der Waals surface area contributed by atoms with Crippen LogP contribution >= 0.6 is 0 Å². The van der Waals surface area contributed by atoms with Crippen molar-refractivity contribution in [3.63, 3.8) is 0 Å². The van der Waals surface area contributed by atoms with Gasteiger partial charge in [0.15, 0.2) is 18.0 Å². The standard InChI is InChI=1S/C16H16N3O3/c1-3-6-18-7-4-12(5-8-18)16-17-14-10-13(19(20)21)9-11(2)15(14)22-16/h4-5,7-10H,3,6H2,1-2H3/q+1. The van der Waals surface area contributed by atoms with E-state index in [2.05, 4.69) is 16.5 Å². The van der Waals surface area contributed by atoms with Gasteiger partial charge in [0, 0.05) is 41.8 Å². The van der Waals surface area contributed by atoms with Gasteiger partial charge in [-0.05, 0) is 6.92 Å². The number of nitro benzene ring substituents is 1. The number of benzene rings is 1. The maximum absolute atomic E-state index is 10.9. The molecule has 6 nitrogen and oxygen atoms in total. The van der Waals surface area contributed by atoms with Crippen LogP contribution in [0.5, 0.6) is 0 Å². The molecule has 0 atom stereocenters. The molecule has 3 rings (SSSR count). The molecular formula is C16H16N3O3+. The van der Waals surface area contributed by atoms with E-state index >= 15 is 0 Å². The highest BCUT2D eigenvalue weighted by Crippen LogP contribution is 2.29. The van der Waals surface area contributed by atoms with Crippen LogP contribution in [0.1, 0.15) is 18.9 Å². The first-order chi connectivity index (χ1) is 10.6. The van der Waals surface area contributed by atoms with E-state index in [-0.39, 0.29) is 5.69 Å². The Morgan fingerprint density at radius 2 is 2.05 bits per heavy atom. The van der Waals surface area contributed by atoms with Crippen molar-refractivity contribution in [3.05, 3.63) is 52.3 Å². The number of hydrogen-bond donors (Lipinski definition) is 0. The highest BCUT2D eigenvalue weighted by Gasteiger charge is 2.16. The van der Waals surface area contributed by atoms with Gasteiger partial charge in [-0.2, -0.15) is 0 Å². The van der Waals surface area contributed by atoms with Crippen LogP contribution in [-0.2, 0) is 6.54 Å². The lowest BCUT2D eigenvalue weighted by molar-refractivity contribution is -0.696. The van der Waals surface area contributed by atoms with Gasteiger partial charge in [-0.25, -0.2) is 9.55 Å². The lowest BCUT2D eigenvalue weighted by Gasteiger charge is -1.95. The molecule has 0 aliphatic heterocycles. The second-order valence-corrected chi connectivity index (χ2v) is 5.21. The number of pyridine rings is 1. The first-order valence-electron chi connectivity index (χ1n) is 7.13. The van der Waals surface area contributed by atoms with Crippen molar-refractivity contribution in [2.45, 2.75) is 26.8 Å². The van der Waals surface area contributed by atoms with Crippen LogP contribution in [0.15, 0.2) is 41.1 Å². The predicted molar refractivity (Wildman–Crippen MR) is 81.3 cm³/mol. The summed E-state index contributed by atoms with van der Waals surface area (Å²) in [6, 6.07) is 6.81. The van der Waals surface area contributed by atoms with Gasteiger partial charge in [-0.1, -0.05) is 6.92 Å². The van der Waals surface area contributed by atoms with Gasteiger partial charge in [0.25, 0.3) is 5.69 Å². The summed E-state index contributed by atoms with van der Waals surface area (Å²) in [5, 5.41) is 10.9. The topological polar surface area (TPSA) is 73.0 Å². The molecule has 0 amide bonds. The Morgan fingerprint density at radius 3 is 2.68 bits per heavy atom. The summed E-state index contributed by atoms with van der Waals surface area (Å²) < 4.78 is 7.86. The molecule has 22 heavy (non-hydrogen) atoms. The quantitative estimate of drug-likeness (QED) is 0.420. The summed E-state index contributed by atoms with van der Waals surface area (Å²) in [5.74, 6) is 0.474. The molecule has 0 N–H and O–H groups in total. The Morgan fingerprint density at radius 1 is 1.32 bits per heavy atom. The summed E-state index contributed by atoms with van der Waals surface area (Å²) in [6.07, 6.45) is 5.02. The number of fused-ring (bicyclic) bond motifs is 1. The molecule has 0 saturated heterocycles. The van der Waals surface area contributed by atoms with Gasteiger partial charge in [-0.15, -0.1) is 0 Å². The molecule has 0 aliphatic rings.